The van der Waals surface area contributed by atoms with Crippen LogP contribution in [0, 0.1) is 5.82 Å². The van der Waals surface area contributed by atoms with Crippen LogP contribution in [-0.2, 0) is 6.42 Å². The molecule has 1 aromatic heterocycles. The molecule has 2 aromatic rings. The van der Waals surface area contributed by atoms with Crippen LogP contribution in [0.25, 0.3) is 0 Å². The Balaban J connectivity index is 2.19. The molecule has 0 saturated heterocycles. The zero-order chi connectivity index (χ0) is 13.0. The van der Waals surface area contributed by atoms with Crippen molar-refractivity contribution in [1.82, 2.24) is 5.32 Å². The number of benzene rings is 1. The van der Waals surface area contributed by atoms with Crippen LogP contribution in [-0.4, -0.2) is 6.54 Å². The summed E-state index contributed by atoms with van der Waals surface area (Å²) in [5.74, 6) is -0.129. The Hall–Kier alpha value is -0.710. The molecule has 0 saturated carbocycles. The quantitative estimate of drug-likeness (QED) is 0.849. The van der Waals surface area contributed by atoms with Gasteiger partial charge >= 0.3 is 0 Å². The Kier molecular flexibility index (Phi) is 4.92. The average molecular weight is 328 g/mol. The molecule has 1 atom stereocenters. The van der Waals surface area contributed by atoms with Crippen LogP contribution in [0.1, 0.15) is 23.4 Å². The number of hydrogen-bond acceptors (Lipinski definition) is 2. The van der Waals surface area contributed by atoms with Gasteiger partial charge in [0.2, 0.25) is 0 Å². The molecule has 0 amide bonds. The van der Waals surface area contributed by atoms with Gasteiger partial charge in [-0.15, -0.1) is 11.3 Å². The van der Waals surface area contributed by atoms with E-state index in [1.807, 2.05) is 18.2 Å². The minimum atomic E-state index is -0.129. The lowest BCUT2D eigenvalue weighted by atomic mass is 10.0. The first-order chi connectivity index (χ1) is 8.70. The highest BCUT2D eigenvalue weighted by molar-refractivity contribution is 9.11. The van der Waals surface area contributed by atoms with E-state index in [0.29, 0.717) is 6.42 Å². The van der Waals surface area contributed by atoms with Gasteiger partial charge in [-0.2, -0.15) is 0 Å². The van der Waals surface area contributed by atoms with Gasteiger partial charge in [-0.1, -0.05) is 25.1 Å². The minimum absolute atomic E-state index is 0.129. The molecule has 1 unspecified atom stereocenters. The lowest BCUT2D eigenvalue weighted by Crippen LogP contribution is -2.22. The van der Waals surface area contributed by atoms with Crippen LogP contribution in [0.15, 0.2) is 40.2 Å². The molecular weight excluding hydrogens is 313 g/mol. The van der Waals surface area contributed by atoms with Gasteiger partial charge in [0, 0.05) is 10.9 Å². The summed E-state index contributed by atoms with van der Waals surface area (Å²) in [4.78, 5) is 1.23. The Morgan fingerprint density at radius 1 is 1.28 bits per heavy atom. The fourth-order valence-corrected chi connectivity index (χ4v) is 3.42. The number of likely N-dealkylation sites (N-methyl/N-ethyl adjacent to an activating group) is 1. The van der Waals surface area contributed by atoms with E-state index in [1.54, 1.807) is 17.4 Å². The molecule has 1 N–H and O–H groups in total. The summed E-state index contributed by atoms with van der Waals surface area (Å²) >= 11 is 5.16. The standard InChI is InChI=1S/C14H15BrFNS/c1-2-17-12(13-7-8-14(15)18-13)9-10-5-3-4-6-11(10)16/h3-8,12,17H,2,9H2,1H3. The highest BCUT2D eigenvalue weighted by Crippen LogP contribution is 2.29. The average Bonchev–Trinajstić information content (AvgIpc) is 2.78. The van der Waals surface area contributed by atoms with E-state index in [9.17, 15) is 4.39 Å². The van der Waals surface area contributed by atoms with E-state index in [4.69, 9.17) is 0 Å². The second kappa shape index (κ2) is 6.45. The molecule has 0 aliphatic carbocycles. The van der Waals surface area contributed by atoms with E-state index < -0.39 is 0 Å². The fourth-order valence-electron chi connectivity index (χ4n) is 1.92. The van der Waals surface area contributed by atoms with E-state index in [-0.39, 0.29) is 11.9 Å². The van der Waals surface area contributed by atoms with Gasteiger partial charge < -0.3 is 5.32 Å². The largest absolute Gasteiger partial charge is 0.309 e. The van der Waals surface area contributed by atoms with Crippen LogP contribution in [0.3, 0.4) is 0 Å². The van der Waals surface area contributed by atoms with Gasteiger partial charge in [-0.05, 0) is 52.7 Å². The van der Waals surface area contributed by atoms with Gasteiger partial charge in [0.05, 0.1) is 3.79 Å². The normalized spacial score (nSPS) is 12.6. The Morgan fingerprint density at radius 2 is 2.06 bits per heavy atom. The molecule has 1 aromatic carbocycles. The van der Waals surface area contributed by atoms with E-state index >= 15 is 0 Å². The molecule has 18 heavy (non-hydrogen) atoms. The summed E-state index contributed by atoms with van der Waals surface area (Å²) in [6, 6.07) is 11.3. The molecule has 0 bridgehead atoms. The maximum atomic E-state index is 13.7. The highest BCUT2D eigenvalue weighted by Gasteiger charge is 2.15. The lowest BCUT2D eigenvalue weighted by Gasteiger charge is -2.16. The van der Waals surface area contributed by atoms with Crippen LogP contribution in [0.4, 0.5) is 4.39 Å². The number of rotatable bonds is 5. The molecule has 0 fully saturated rings. The third-order valence-electron chi connectivity index (χ3n) is 2.77. The van der Waals surface area contributed by atoms with Crippen molar-refractivity contribution in [1.29, 1.82) is 0 Å². The third-order valence-corrected chi connectivity index (χ3v) is 4.51. The van der Waals surface area contributed by atoms with Crippen molar-refractivity contribution in [3.63, 3.8) is 0 Å². The molecule has 1 nitrogen and oxygen atoms in total. The monoisotopic (exact) mass is 327 g/mol. The lowest BCUT2D eigenvalue weighted by molar-refractivity contribution is 0.534. The van der Waals surface area contributed by atoms with Crippen molar-refractivity contribution in [3.8, 4) is 0 Å². The van der Waals surface area contributed by atoms with Crippen molar-refractivity contribution in [2.75, 3.05) is 6.54 Å². The van der Waals surface area contributed by atoms with Crippen molar-refractivity contribution >= 4 is 27.3 Å². The number of halogens is 2. The van der Waals surface area contributed by atoms with E-state index in [0.717, 1.165) is 15.9 Å². The first-order valence-electron chi connectivity index (χ1n) is 5.92. The van der Waals surface area contributed by atoms with Gasteiger partial charge in [0.1, 0.15) is 5.82 Å². The first-order valence-corrected chi connectivity index (χ1v) is 7.53. The van der Waals surface area contributed by atoms with Gasteiger partial charge in [0.15, 0.2) is 0 Å². The van der Waals surface area contributed by atoms with Gasteiger partial charge in [-0.3, -0.25) is 0 Å². The molecule has 0 spiro atoms. The highest BCUT2D eigenvalue weighted by atomic mass is 79.9. The molecule has 4 heteroatoms. The molecular formula is C14H15BrFNS. The van der Waals surface area contributed by atoms with Crippen molar-refractivity contribution in [3.05, 3.63) is 56.4 Å². The Bertz CT molecular complexity index is 512. The summed E-state index contributed by atoms with van der Waals surface area (Å²) < 4.78 is 14.8. The van der Waals surface area contributed by atoms with E-state index in [1.165, 1.54) is 10.9 Å². The molecule has 0 radical (unpaired) electrons. The van der Waals surface area contributed by atoms with Crippen LogP contribution < -0.4 is 5.32 Å². The number of thiophene rings is 1. The molecule has 96 valence electrons. The van der Waals surface area contributed by atoms with Crippen LogP contribution in [0.5, 0.6) is 0 Å². The topological polar surface area (TPSA) is 12.0 Å². The van der Waals surface area contributed by atoms with Crippen LogP contribution >= 0.6 is 27.3 Å². The summed E-state index contributed by atoms with van der Waals surface area (Å²) in [6.07, 6.45) is 0.674. The van der Waals surface area contributed by atoms with Gasteiger partial charge in [0.25, 0.3) is 0 Å². The zero-order valence-corrected chi connectivity index (χ0v) is 12.5. The third kappa shape index (κ3) is 3.40. The molecule has 0 aliphatic rings. The molecule has 1 heterocycles. The Labute approximate surface area is 119 Å². The first kappa shape index (κ1) is 13.7. The second-order valence-electron chi connectivity index (χ2n) is 4.05. The predicted molar refractivity (Wildman–Crippen MR) is 78.5 cm³/mol. The summed E-state index contributed by atoms with van der Waals surface area (Å²) in [7, 11) is 0. The van der Waals surface area contributed by atoms with Crippen molar-refractivity contribution in [2.45, 2.75) is 19.4 Å². The maximum absolute atomic E-state index is 13.7. The summed E-state index contributed by atoms with van der Waals surface area (Å²) in [5.41, 5.74) is 0.757. The number of hydrogen-bond donors (Lipinski definition) is 1. The van der Waals surface area contributed by atoms with Crippen molar-refractivity contribution < 1.29 is 4.39 Å². The zero-order valence-electron chi connectivity index (χ0n) is 10.1. The SMILES string of the molecule is CCNC(Cc1ccccc1F)c1ccc(Br)s1. The van der Waals surface area contributed by atoms with Crippen molar-refractivity contribution in [2.24, 2.45) is 0 Å². The maximum Gasteiger partial charge on any atom is 0.126 e. The van der Waals surface area contributed by atoms with Gasteiger partial charge in [-0.25, -0.2) is 4.39 Å². The van der Waals surface area contributed by atoms with E-state index in [2.05, 4.69) is 34.2 Å². The molecule has 0 aliphatic heterocycles. The fraction of sp³-hybridized carbons (Fsp3) is 0.286. The number of nitrogens with one attached hydrogen (secondary N) is 1. The summed E-state index contributed by atoms with van der Waals surface area (Å²) in [6.45, 7) is 2.94. The second-order valence-corrected chi connectivity index (χ2v) is 6.54. The van der Waals surface area contributed by atoms with Crippen LogP contribution in [0.2, 0.25) is 0 Å². The Morgan fingerprint density at radius 3 is 2.67 bits per heavy atom. The predicted octanol–water partition coefficient (Wildman–Crippen LogP) is 4.54. The molecule has 2 rings (SSSR count). The smallest absolute Gasteiger partial charge is 0.126 e. The summed E-state index contributed by atoms with van der Waals surface area (Å²) in [5, 5.41) is 3.41. The minimum Gasteiger partial charge on any atom is -0.309 e.